The number of hydrogen-bond donors (Lipinski definition) is 0. The van der Waals surface area contributed by atoms with Gasteiger partial charge in [-0.15, -0.1) is 6.58 Å². The van der Waals surface area contributed by atoms with E-state index in [0.29, 0.717) is 19.0 Å². The van der Waals surface area contributed by atoms with E-state index in [-0.39, 0.29) is 13.5 Å². The molecule has 0 N–H and O–H groups in total. The fourth-order valence-corrected chi connectivity index (χ4v) is 7.55. The molecule has 0 spiro atoms. The fraction of sp³-hybridized carbons (Fsp3) is 0.714. The Kier molecular flexibility index (Phi) is 14.6. The predicted molar refractivity (Wildman–Crippen MR) is 79.1 cm³/mol. The minimum Gasteiger partial charge on any atom is -0.307 e. The fourth-order valence-electron chi connectivity index (χ4n) is 0.434. The van der Waals surface area contributed by atoms with E-state index in [2.05, 4.69) is 6.58 Å². The van der Waals surface area contributed by atoms with Crippen LogP contribution in [0.25, 0.3) is 0 Å². The molecule has 0 aromatic carbocycles. The standard InChI is InChI=1S/C7H15O3PS3.H2S/c1-4-7-12-11(8,13-9-5-2)14-10-6-3;/h4H,1,5-7H2,2-3H3;1H2. The quantitative estimate of drug-likeness (QED) is 0.355. The van der Waals surface area contributed by atoms with Crippen LogP contribution in [-0.2, 0) is 12.9 Å². The van der Waals surface area contributed by atoms with E-state index in [1.807, 2.05) is 13.8 Å². The third-order valence-electron chi connectivity index (χ3n) is 0.874. The highest BCUT2D eigenvalue weighted by atomic mass is 33.4. The van der Waals surface area contributed by atoms with Gasteiger partial charge in [-0.2, -0.15) is 13.5 Å². The van der Waals surface area contributed by atoms with Gasteiger partial charge in [0.15, 0.2) is 0 Å². The van der Waals surface area contributed by atoms with Crippen molar-refractivity contribution in [3.63, 3.8) is 0 Å². The Hall–Kier alpha value is 1.29. The van der Waals surface area contributed by atoms with Crippen LogP contribution in [0.4, 0.5) is 0 Å². The molecule has 0 atom stereocenters. The lowest BCUT2D eigenvalue weighted by molar-refractivity contribution is 0.404. The molecule has 0 amide bonds. The highest BCUT2D eigenvalue weighted by Crippen LogP contribution is 2.78. The van der Waals surface area contributed by atoms with Crippen molar-refractivity contribution in [3.8, 4) is 0 Å². The van der Waals surface area contributed by atoms with Gasteiger partial charge in [-0.1, -0.05) is 17.5 Å². The van der Waals surface area contributed by atoms with Crippen molar-refractivity contribution >= 4 is 53.0 Å². The lowest BCUT2D eigenvalue weighted by Crippen LogP contribution is -1.80. The molecule has 0 bridgehead atoms. The Balaban J connectivity index is 0. The lowest BCUT2D eigenvalue weighted by atomic mass is 10.8. The van der Waals surface area contributed by atoms with Gasteiger partial charge in [-0.25, -0.2) is 0 Å². The van der Waals surface area contributed by atoms with Crippen LogP contribution in [0.3, 0.4) is 0 Å². The van der Waals surface area contributed by atoms with Crippen LogP contribution in [0.5, 0.6) is 0 Å². The summed E-state index contributed by atoms with van der Waals surface area (Å²) < 4.78 is 19.7. The first-order valence-corrected chi connectivity index (χ1v) is 10.2. The van der Waals surface area contributed by atoms with Crippen molar-refractivity contribution in [2.24, 2.45) is 0 Å². The smallest absolute Gasteiger partial charge is 0.295 e. The van der Waals surface area contributed by atoms with Gasteiger partial charge in [0.2, 0.25) is 0 Å². The summed E-state index contributed by atoms with van der Waals surface area (Å²) in [5.41, 5.74) is 0. The van der Waals surface area contributed by atoms with E-state index in [4.69, 9.17) is 8.37 Å². The molecule has 0 unspecified atom stereocenters. The molecule has 3 nitrogen and oxygen atoms in total. The minimum atomic E-state index is -2.53. The van der Waals surface area contributed by atoms with E-state index in [1.165, 1.54) is 11.4 Å². The SMILES string of the molecule is C=CCSP(=O)(SOCC)SOCC.S. The Bertz CT molecular complexity index is 191. The molecule has 0 fully saturated rings. The van der Waals surface area contributed by atoms with E-state index in [0.717, 1.165) is 23.3 Å². The van der Waals surface area contributed by atoms with Gasteiger partial charge in [0.1, 0.15) is 0 Å². The normalized spacial score (nSPS) is 10.8. The van der Waals surface area contributed by atoms with Gasteiger partial charge < -0.3 is 8.37 Å². The van der Waals surface area contributed by atoms with E-state index < -0.39 is 4.75 Å². The zero-order chi connectivity index (χ0) is 10.9. The second-order valence-electron chi connectivity index (χ2n) is 1.99. The summed E-state index contributed by atoms with van der Waals surface area (Å²) in [7, 11) is 0. The largest absolute Gasteiger partial charge is 0.307 e. The van der Waals surface area contributed by atoms with Crippen LogP contribution >= 0.6 is 53.0 Å². The molecule has 0 radical (unpaired) electrons. The highest BCUT2D eigenvalue weighted by Gasteiger charge is 2.26. The maximum atomic E-state index is 12.1. The summed E-state index contributed by atoms with van der Waals surface area (Å²) in [5.74, 6) is 0.636. The van der Waals surface area contributed by atoms with Gasteiger partial charge in [0.25, 0.3) is 4.75 Å². The maximum absolute atomic E-state index is 12.1. The molecular formula is C7H17O3PS4. The van der Waals surface area contributed by atoms with E-state index >= 15 is 0 Å². The van der Waals surface area contributed by atoms with E-state index in [1.54, 1.807) is 6.08 Å². The molecular weight excluding hydrogens is 291 g/mol. The van der Waals surface area contributed by atoms with Crippen LogP contribution in [0.1, 0.15) is 13.8 Å². The van der Waals surface area contributed by atoms with Crippen molar-refractivity contribution in [1.29, 1.82) is 0 Å². The Morgan fingerprint density at radius 2 is 1.73 bits per heavy atom. The third kappa shape index (κ3) is 10.2. The summed E-state index contributed by atoms with van der Waals surface area (Å²) in [6.07, 6.45) is 1.72. The first-order chi connectivity index (χ1) is 6.68. The molecule has 92 valence electrons. The molecule has 0 saturated heterocycles. The molecule has 8 heteroatoms. The molecule has 0 aromatic rings. The average Bonchev–Trinajstić information content (AvgIpc) is 2.21. The van der Waals surface area contributed by atoms with Crippen LogP contribution in [-0.4, -0.2) is 19.0 Å². The summed E-state index contributed by atoms with van der Waals surface area (Å²) in [5, 5.41) is 0. The second-order valence-corrected chi connectivity index (χ2v) is 12.6. The van der Waals surface area contributed by atoms with E-state index in [9.17, 15) is 4.57 Å². The van der Waals surface area contributed by atoms with Gasteiger partial charge in [-0.05, 0) is 13.8 Å². The van der Waals surface area contributed by atoms with Crippen molar-refractivity contribution in [1.82, 2.24) is 0 Å². The topological polar surface area (TPSA) is 35.5 Å². The number of rotatable bonds is 9. The molecule has 0 aliphatic heterocycles. The van der Waals surface area contributed by atoms with Crippen LogP contribution in [0, 0.1) is 0 Å². The van der Waals surface area contributed by atoms with Crippen molar-refractivity contribution in [3.05, 3.63) is 12.7 Å². The van der Waals surface area contributed by atoms with Crippen LogP contribution in [0.15, 0.2) is 12.7 Å². The molecule has 0 heterocycles. The van der Waals surface area contributed by atoms with Crippen molar-refractivity contribution < 1.29 is 12.9 Å². The van der Waals surface area contributed by atoms with Gasteiger partial charge in [-0.3, -0.25) is 4.57 Å². The molecule has 0 aliphatic rings. The zero-order valence-electron chi connectivity index (χ0n) is 8.80. The Labute approximate surface area is 111 Å². The second kappa shape index (κ2) is 11.8. The first kappa shape index (κ1) is 18.6. The Morgan fingerprint density at radius 3 is 2.07 bits per heavy atom. The zero-order valence-corrected chi connectivity index (χ0v) is 13.1. The van der Waals surface area contributed by atoms with Crippen molar-refractivity contribution in [2.45, 2.75) is 13.8 Å². The summed E-state index contributed by atoms with van der Waals surface area (Å²) in [6.45, 7) is 8.38. The molecule has 0 aliphatic carbocycles. The minimum absolute atomic E-state index is 0. The van der Waals surface area contributed by atoms with Gasteiger partial charge in [0, 0.05) is 5.75 Å². The predicted octanol–water partition coefficient (Wildman–Crippen LogP) is 4.50. The lowest BCUT2D eigenvalue weighted by Gasteiger charge is -2.12. The summed E-state index contributed by atoms with van der Waals surface area (Å²) in [4.78, 5) is 0. The summed E-state index contributed by atoms with van der Waals surface area (Å²) >= 11 is 3.34. The number of hydrogen-bond acceptors (Lipinski definition) is 6. The summed E-state index contributed by atoms with van der Waals surface area (Å²) in [6, 6.07) is 0. The maximum Gasteiger partial charge on any atom is 0.295 e. The molecule has 0 rings (SSSR count). The molecule has 0 saturated carbocycles. The highest BCUT2D eigenvalue weighted by molar-refractivity contribution is 9.13. The average molecular weight is 308 g/mol. The molecule has 0 aromatic heterocycles. The third-order valence-corrected chi connectivity index (χ3v) is 9.83. The first-order valence-electron chi connectivity index (χ1n) is 4.16. The van der Waals surface area contributed by atoms with Crippen molar-refractivity contribution in [2.75, 3.05) is 19.0 Å². The van der Waals surface area contributed by atoms with Gasteiger partial charge >= 0.3 is 0 Å². The monoisotopic (exact) mass is 308 g/mol. The van der Waals surface area contributed by atoms with Gasteiger partial charge in [0.05, 0.1) is 36.5 Å². The molecule has 15 heavy (non-hydrogen) atoms. The van der Waals surface area contributed by atoms with Crippen LogP contribution < -0.4 is 0 Å². The van der Waals surface area contributed by atoms with Crippen LogP contribution in [0.2, 0.25) is 0 Å². The Morgan fingerprint density at radius 1 is 1.27 bits per heavy atom.